The van der Waals surface area contributed by atoms with E-state index < -0.39 is 0 Å². The Hall–Kier alpha value is -3.26. The van der Waals surface area contributed by atoms with E-state index in [9.17, 15) is 9.59 Å². The zero-order valence-electron chi connectivity index (χ0n) is 16.9. The monoisotopic (exact) mass is 434 g/mol. The minimum absolute atomic E-state index is 0.0568. The first-order valence-corrected chi connectivity index (χ1v) is 11.2. The fourth-order valence-electron chi connectivity index (χ4n) is 4.28. The quantitative estimate of drug-likeness (QED) is 0.620. The van der Waals surface area contributed by atoms with Crippen LogP contribution in [0.15, 0.2) is 60.2 Å². The Kier molecular flexibility index (Phi) is 5.38. The average Bonchev–Trinajstić information content (AvgIpc) is 3.47. The van der Waals surface area contributed by atoms with Crippen molar-refractivity contribution >= 4 is 23.3 Å². The highest BCUT2D eigenvalue weighted by atomic mass is 32.1. The number of cyclic esters (lactones) is 1. The summed E-state index contributed by atoms with van der Waals surface area (Å²) in [7, 11) is 0. The standard InChI is InChI=1S/C23H22N4O3S/c28-22(19-15-31-21(25-19)17-6-10-24-11-7-17)26-12-8-18(9-13-26)27-20(14-30-23(27)29)16-4-2-1-3-5-16/h1-7,10-11,15,18,20H,8-9,12-14H2. The van der Waals surface area contributed by atoms with Crippen molar-refractivity contribution in [3.8, 4) is 10.6 Å². The molecule has 0 N–H and O–H groups in total. The maximum atomic E-state index is 13.0. The molecular weight excluding hydrogens is 412 g/mol. The Bertz CT molecular complexity index is 1060. The summed E-state index contributed by atoms with van der Waals surface area (Å²) in [6, 6.07) is 13.7. The summed E-state index contributed by atoms with van der Waals surface area (Å²) in [6.07, 6.45) is 4.63. The number of nitrogens with zero attached hydrogens (tertiary/aromatic N) is 4. The first kappa shape index (κ1) is 19.7. The minimum atomic E-state index is -0.264. The minimum Gasteiger partial charge on any atom is -0.447 e. The van der Waals surface area contributed by atoms with Crippen molar-refractivity contribution < 1.29 is 14.3 Å². The second-order valence-corrected chi connectivity index (χ2v) is 8.57. The van der Waals surface area contributed by atoms with Gasteiger partial charge in [0, 0.05) is 42.5 Å². The number of rotatable bonds is 4. The van der Waals surface area contributed by atoms with Gasteiger partial charge < -0.3 is 9.64 Å². The molecule has 1 aromatic carbocycles. The molecule has 0 radical (unpaired) electrons. The van der Waals surface area contributed by atoms with Crippen LogP contribution in [-0.2, 0) is 4.74 Å². The van der Waals surface area contributed by atoms with Crippen molar-refractivity contribution in [2.45, 2.75) is 24.9 Å². The Balaban J connectivity index is 1.25. The molecule has 2 aromatic heterocycles. The first-order valence-electron chi connectivity index (χ1n) is 10.4. The summed E-state index contributed by atoms with van der Waals surface area (Å²) < 4.78 is 5.37. The lowest BCUT2D eigenvalue weighted by molar-refractivity contribution is 0.0631. The van der Waals surface area contributed by atoms with Crippen LogP contribution in [0.3, 0.4) is 0 Å². The molecule has 2 fully saturated rings. The number of pyridine rings is 1. The normalized spacial score (nSPS) is 19.5. The number of carbonyl (C=O) groups excluding carboxylic acids is 2. The maximum absolute atomic E-state index is 13.0. The molecule has 3 aromatic rings. The fourth-order valence-corrected chi connectivity index (χ4v) is 5.08. The average molecular weight is 435 g/mol. The first-order chi connectivity index (χ1) is 15.2. The van der Waals surface area contributed by atoms with Crippen LogP contribution in [0, 0.1) is 0 Å². The van der Waals surface area contributed by atoms with Crippen LogP contribution in [0.5, 0.6) is 0 Å². The molecule has 0 spiro atoms. The molecule has 31 heavy (non-hydrogen) atoms. The number of amides is 2. The number of hydrogen-bond donors (Lipinski definition) is 0. The van der Waals surface area contributed by atoms with Gasteiger partial charge in [0.2, 0.25) is 0 Å². The molecular formula is C23H22N4O3S. The van der Waals surface area contributed by atoms with Crippen LogP contribution < -0.4 is 0 Å². The second kappa shape index (κ2) is 8.47. The third-order valence-electron chi connectivity index (χ3n) is 5.89. The molecule has 4 heterocycles. The van der Waals surface area contributed by atoms with Gasteiger partial charge in [0.1, 0.15) is 17.3 Å². The molecule has 2 aliphatic heterocycles. The molecule has 0 aliphatic carbocycles. The maximum Gasteiger partial charge on any atom is 0.410 e. The van der Waals surface area contributed by atoms with Gasteiger partial charge in [0.15, 0.2) is 0 Å². The SMILES string of the molecule is O=C(c1csc(-c2ccncc2)n1)N1CCC(N2C(=O)OCC2c2ccccc2)CC1. The molecule has 2 aliphatic rings. The van der Waals surface area contributed by atoms with Gasteiger partial charge in [-0.05, 0) is 30.5 Å². The van der Waals surface area contributed by atoms with Gasteiger partial charge in [-0.3, -0.25) is 14.7 Å². The van der Waals surface area contributed by atoms with E-state index in [1.54, 1.807) is 12.4 Å². The van der Waals surface area contributed by atoms with Gasteiger partial charge in [-0.15, -0.1) is 11.3 Å². The molecule has 158 valence electrons. The molecule has 0 bridgehead atoms. The smallest absolute Gasteiger partial charge is 0.410 e. The van der Waals surface area contributed by atoms with Crippen LogP contribution in [0.25, 0.3) is 10.6 Å². The van der Waals surface area contributed by atoms with Crippen molar-refractivity contribution in [3.05, 3.63) is 71.5 Å². The Morgan fingerprint density at radius 1 is 1.06 bits per heavy atom. The molecule has 7 nitrogen and oxygen atoms in total. The van der Waals surface area contributed by atoms with Crippen LogP contribution in [0.1, 0.15) is 34.9 Å². The lowest BCUT2D eigenvalue weighted by Crippen LogP contribution is -2.47. The topological polar surface area (TPSA) is 75.6 Å². The van der Waals surface area contributed by atoms with Gasteiger partial charge in [0.05, 0.1) is 6.04 Å². The number of hydrogen-bond acceptors (Lipinski definition) is 6. The highest BCUT2D eigenvalue weighted by molar-refractivity contribution is 7.13. The van der Waals surface area contributed by atoms with Crippen LogP contribution >= 0.6 is 11.3 Å². The van der Waals surface area contributed by atoms with Crippen molar-refractivity contribution in [2.75, 3.05) is 19.7 Å². The second-order valence-electron chi connectivity index (χ2n) is 7.71. The van der Waals surface area contributed by atoms with Gasteiger partial charge in [-0.1, -0.05) is 30.3 Å². The van der Waals surface area contributed by atoms with Crippen LogP contribution in [0.4, 0.5) is 4.79 Å². The van der Waals surface area contributed by atoms with Gasteiger partial charge >= 0.3 is 6.09 Å². The Labute approximate surface area is 184 Å². The van der Waals surface area contributed by atoms with Crippen molar-refractivity contribution in [3.63, 3.8) is 0 Å². The van der Waals surface area contributed by atoms with E-state index in [0.29, 0.717) is 25.4 Å². The number of piperidine rings is 1. The lowest BCUT2D eigenvalue weighted by atomic mass is 9.99. The molecule has 0 saturated carbocycles. The number of thiazole rings is 1. The predicted octanol–water partition coefficient (Wildman–Crippen LogP) is 4.00. The van der Waals surface area contributed by atoms with Gasteiger partial charge in [-0.2, -0.15) is 0 Å². The summed E-state index contributed by atoms with van der Waals surface area (Å²) in [4.78, 5) is 37.7. The lowest BCUT2D eigenvalue weighted by Gasteiger charge is -2.37. The summed E-state index contributed by atoms with van der Waals surface area (Å²) in [5.74, 6) is -0.0568. The Morgan fingerprint density at radius 2 is 1.81 bits per heavy atom. The number of aromatic nitrogens is 2. The van der Waals surface area contributed by atoms with E-state index >= 15 is 0 Å². The van der Waals surface area contributed by atoms with E-state index in [-0.39, 0.29) is 24.1 Å². The Morgan fingerprint density at radius 3 is 2.55 bits per heavy atom. The molecule has 2 saturated heterocycles. The summed E-state index contributed by atoms with van der Waals surface area (Å²) in [6.45, 7) is 1.56. The largest absolute Gasteiger partial charge is 0.447 e. The molecule has 5 rings (SSSR count). The highest BCUT2D eigenvalue weighted by Gasteiger charge is 2.40. The number of benzene rings is 1. The third-order valence-corrected chi connectivity index (χ3v) is 6.78. The zero-order valence-corrected chi connectivity index (χ0v) is 17.7. The van der Waals surface area contributed by atoms with Gasteiger partial charge in [-0.25, -0.2) is 9.78 Å². The fraction of sp³-hybridized carbons (Fsp3) is 0.304. The van der Waals surface area contributed by atoms with Crippen molar-refractivity contribution in [2.24, 2.45) is 0 Å². The van der Waals surface area contributed by atoms with E-state index in [0.717, 1.165) is 29.0 Å². The molecule has 1 unspecified atom stereocenters. The van der Waals surface area contributed by atoms with Gasteiger partial charge in [0.25, 0.3) is 5.91 Å². The van der Waals surface area contributed by atoms with E-state index in [2.05, 4.69) is 9.97 Å². The van der Waals surface area contributed by atoms with Crippen LogP contribution in [-0.4, -0.2) is 57.5 Å². The number of ether oxygens (including phenoxy) is 1. The van der Waals surface area contributed by atoms with Crippen molar-refractivity contribution in [1.29, 1.82) is 0 Å². The van der Waals surface area contributed by atoms with E-state index in [1.807, 2.05) is 57.6 Å². The molecule has 8 heteroatoms. The summed E-state index contributed by atoms with van der Waals surface area (Å²) >= 11 is 1.46. The summed E-state index contributed by atoms with van der Waals surface area (Å²) in [5.41, 5.74) is 2.51. The summed E-state index contributed by atoms with van der Waals surface area (Å²) in [5, 5.41) is 2.62. The molecule has 2 amide bonds. The molecule has 1 atom stereocenters. The van der Waals surface area contributed by atoms with Crippen molar-refractivity contribution in [1.82, 2.24) is 19.8 Å². The van der Waals surface area contributed by atoms with E-state index in [1.165, 1.54) is 11.3 Å². The van der Waals surface area contributed by atoms with E-state index in [4.69, 9.17) is 4.74 Å². The zero-order chi connectivity index (χ0) is 21.2. The third kappa shape index (κ3) is 3.90. The number of carbonyl (C=O) groups is 2. The number of likely N-dealkylation sites (tertiary alicyclic amines) is 1. The highest BCUT2D eigenvalue weighted by Crippen LogP contribution is 2.33. The predicted molar refractivity (Wildman–Crippen MR) is 117 cm³/mol. The van der Waals surface area contributed by atoms with Crippen LogP contribution in [0.2, 0.25) is 0 Å².